The van der Waals surface area contributed by atoms with Gasteiger partial charge in [0.2, 0.25) is 0 Å². The van der Waals surface area contributed by atoms with Crippen LogP contribution in [0.3, 0.4) is 0 Å². The van der Waals surface area contributed by atoms with Crippen LogP contribution in [0.4, 0.5) is 0 Å². The van der Waals surface area contributed by atoms with Gasteiger partial charge in [-0.25, -0.2) is 0 Å². The van der Waals surface area contributed by atoms with Gasteiger partial charge in [0.05, 0.1) is 31.2 Å². The van der Waals surface area contributed by atoms with E-state index in [9.17, 15) is 8.76 Å². The Morgan fingerprint density at radius 2 is 1.86 bits per heavy atom. The van der Waals surface area contributed by atoms with E-state index in [2.05, 4.69) is 15.9 Å². The summed E-state index contributed by atoms with van der Waals surface area (Å²) in [6.07, 6.45) is 0. The van der Waals surface area contributed by atoms with Gasteiger partial charge in [-0.15, -0.1) is 0 Å². The summed E-state index contributed by atoms with van der Waals surface area (Å²) >= 11 is 1.11. The van der Waals surface area contributed by atoms with Crippen molar-refractivity contribution in [2.75, 3.05) is 31.8 Å². The first-order valence-corrected chi connectivity index (χ1v) is 6.51. The summed E-state index contributed by atoms with van der Waals surface area (Å²) in [5.74, 6) is 0. The van der Waals surface area contributed by atoms with E-state index >= 15 is 0 Å². The molecule has 14 heavy (non-hydrogen) atoms. The average molecular weight is 288 g/mol. The maximum atomic E-state index is 10.7. The van der Waals surface area contributed by atoms with Gasteiger partial charge in [-0.05, 0) is 24.9 Å². The molecule has 0 bridgehead atoms. The molecule has 0 aromatic carbocycles. The van der Waals surface area contributed by atoms with Gasteiger partial charge < -0.3 is 14.0 Å². The van der Waals surface area contributed by atoms with Crippen LogP contribution in [-0.2, 0) is 20.6 Å². The molecule has 0 spiro atoms. The molecule has 0 aliphatic heterocycles. The zero-order valence-electron chi connectivity index (χ0n) is 8.45. The quantitative estimate of drug-likeness (QED) is 0.381. The highest BCUT2D eigenvalue weighted by Crippen LogP contribution is 2.10. The summed E-state index contributed by atoms with van der Waals surface area (Å²) in [5, 5.41) is 0.795. The van der Waals surface area contributed by atoms with Gasteiger partial charge in [-0.1, -0.05) is 15.9 Å². The maximum Gasteiger partial charge on any atom is 0.0701 e. The van der Waals surface area contributed by atoms with Crippen molar-refractivity contribution in [2.24, 2.45) is 0 Å². The Labute approximate surface area is 95.8 Å². The van der Waals surface area contributed by atoms with Gasteiger partial charge in [0.25, 0.3) is 0 Å². The van der Waals surface area contributed by atoms with Crippen LogP contribution < -0.4 is 0 Å². The smallest absolute Gasteiger partial charge is 0.0701 e. The Balaban J connectivity index is 3.40. The van der Waals surface area contributed by atoms with E-state index in [1.807, 2.05) is 0 Å². The average Bonchev–Trinajstić information content (AvgIpc) is 2.10. The number of rotatable bonds is 8. The third-order valence-electron chi connectivity index (χ3n) is 1.49. The Kier molecular flexibility index (Phi) is 8.04. The van der Waals surface area contributed by atoms with Crippen LogP contribution in [0, 0.1) is 0 Å². The molecule has 0 rings (SSSR count). The minimum Gasteiger partial charge on any atom is -0.772 e. The van der Waals surface area contributed by atoms with Gasteiger partial charge in [-0.3, -0.25) is 4.21 Å². The molecule has 86 valence electrons. The second-order valence-electron chi connectivity index (χ2n) is 3.35. The Bertz CT molecular complexity index is 175. The standard InChI is InChI=1S/C8H17BrO4S/c1-8(2,14(10)11)7-13-6-5-12-4-3-9/h3-7H2,1-2H3,(H,10,11)/p-1. The monoisotopic (exact) mass is 287 g/mol. The van der Waals surface area contributed by atoms with Crippen molar-refractivity contribution in [3.63, 3.8) is 0 Å². The van der Waals surface area contributed by atoms with Crippen molar-refractivity contribution in [2.45, 2.75) is 18.6 Å². The molecule has 6 heteroatoms. The molecular formula is C8H16BrO4S-. The van der Waals surface area contributed by atoms with Crippen molar-refractivity contribution in [1.29, 1.82) is 0 Å². The van der Waals surface area contributed by atoms with Crippen LogP contribution >= 0.6 is 15.9 Å². The van der Waals surface area contributed by atoms with Gasteiger partial charge in [0.15, 0.2) is 0 Å². The minimum absolute atomic E-state index is 0.195. The largest absolute Gasteiger partial charge is 0.772 e. The van der Waals surface area contributed by atoms with Crippen molar-refractivity contribution in [3.05, 3.63) is 0 Å². The summed E-state index contributed by atoms with van der Waals surface area (Å²) in [5.41, 5.74) is 0. The molecule has 0 heterocycles. The van der Waals surface area contributed by atoms with Crippen LogP contribution in [0.2, 0.25) is 0 Å². The summed E-state index contributed by atoms with van der Waals surface area (Å²) < 4.78 is 30.8. The molecule has 1 unspecified atom stereocenters. The molecule has 0 radical (unpaired) electrons. The topological polar surface area (TPSA) is 58.6 Å². The summed E-state index contributed by atoms with van der Waals surface area (Å²) in [6, 6.07) is 0. The fourth-order valence-electron chi connectivity index (χ4n) is 0.641. The number of alkyl halides is 1. The van der Waals surface area contributed by atoms with E-state index in [0.29, 0.717) is 19.8 Å². The number of hydrogen-bond acceptors (Lipinski definition) is 4. The Morgan fingerprint density at radius 3 is 2.36 bits per heavy atom. The van der Waals surface area contributed by atoms with E-state index in [-0.39, 0.29) is 6.61 Å². The lowest BCUT2D eigenvalue weighted by Gasteiger charge is -2.26. The van der Waals surface area contributed by atoms with Crippen molar-refractivity contribution in [1.82, 2.24) is 0 Å². The molecule has 4 nitrogen and oxygen atoms in total. The van der Waals surface area contributed by atoms with Crippen molar-refractivity contribution < 1.29 is 18.2 Å². The Morgan fingerprint density at radius 1 is 1.29 bits per heavy atom. The normalized spacial score (nSPS) is 14.3. The molecule has 0 amide bonds. The van der Waals surface area contributed by atoms with Gasteiger partial charge in [0.1, 0.15) is 0 Å². The number of ether oxygens (including phenoxy) is 2. The van der Waals surface area contributed by atoms with E-state index in [1.54, 1.807) is 13.8 Å². The van der Waals surface area contributed by atoms with Crippen molar-refractivity contribution in [3.8, 4) is 0 Å². The molecule has 0 saturated carbocycles. The number of halogens is 1. The lowest BCUT2D eigenvalue weighted by atomic mass is 10.2. The van der Waals surface area contributed by atoms with Crippen LogP contribution in [0.1, 0.15) is 13.8 Å². The first-order valence-electron chi connectivity index (χ1n) is 4.31. The zero-order chi connectivity index (χ0) is 11.0. The molecule has 0 saturated heterocycles. The second kappa shape index (κ2) is 7.76. The number of hydrogen-bond donors (Lipinski definition) is 0. The highest BCUT2D eigenvalue weighted by molar-refractivity contribution is 9.09. The SMILES string of the molecule is CC(C)(COCCOCCBr)S(=O)[O-]. The van der Waals surface area contributed by atoms with E-state index in [1.165, 1.54) is 0 Å². The lowest BCUT2D eigenvalue weighted by molar-refractivity contribution is 0.0465. The van der Waals surface area contributed by atoms with Crippen molar-refractivity contribution >= 4 is 27.0 Å². The second-order valence-corrected chi connectivity index (χ2v) is 5.72. The first kappa shape index (κ1) is 14.5. The van der Waals surface area contributed by atoms with E-state index in [4.69, 9.17) is 9.47 Å². The van der Waals surface area contributed by atoms with Gasteiger partial charge in [-0.2, -0.15) is 0 Å². The fraction of sp³-hybridized carbons (Fsp3) is 1.00. The maximum absolute atomic E-state index is 10.7. The molecule has 0 fully saturated rings. The Hall–Kier alpha value is 0.510. The highest BCUT2D eigenvalue weighted by Gasteiger charge is 2.18. The molecule has 0 N–H and O–H groups in total. The third kappa shape index (κ3) is 6.89. The van der Waals surface area contributed by atoms with Crippen LogP contribution in [0.5, 0.6) is 0 Å². The molecule has 0 aromatic heterocycles. The summed E-state index contributed by atoms with van der Waals surface area (Å²) in [7, 11) is 0. The molecule has 0 aliphatic rings. The zero-order valence-corrected chi connectivity index (χ0v) is 10.9. The van der Waals surface area contributed by atoms with E-state index in [0.717, 1.165) is 5.33 Å². The third-order valence-corrected chi connectivity index (χ3v) is 2.84. The summed E-state index contributed by atoms with van der Waals surface area (Å²) in [4.78, 5) is 0. The highest BCUT2D eigenvalue weighted by atomic mass is 79.9. The molecular weight excluding hydrogens is 272 g/mol. The van der Waals surface area contributed by atoms with Gasteiger partial charge >= 0.3 is 0 Å². The fourth-order valence-corrected chi connectivity index (χ4v) is 1.05. The predicted molar refractivity (Wildman–Crippen MR) is 58.4 cm³/mol. The van der Waals surface area contributed by atoms with E-state index < -0.39 is 15.8 Å². The summed E-state index contributed by atoms with van der Waals surface area (Å²) in [6.45, 7) is 4.99. The molecule has 0 aliphatic carbocycles. The molecule has 1 atom stereocenters. The van der Waals surface area contributed by atoms with Gasteiger partial charge in [0, 0.05) is 5.33 Å². The lowest BCUT2D eigenvalue weighted by Crippen LogP contribution is -2.32. The first-order chi connectivity index (χ1) is 6.50. The van der Waals surface area contributed by atoms with Crippen LogP contribution in [0.15, 0.2) is 0 Å². The van der Waals surface area contributed by atoms with Crippen LogP contribution in [0.25, 0.3) is 0 Å². The minimum atomic E-state index is -2.11. The van der Waals surface area contributed by atoms with Crippen LogP contribution in [-0.4, -0.2) is 45.3 Å². The predicted octanol–water partition coefficient (Wildman–Crippen LogP) is 1.07. The molecule has 0 aromatic rings.